The number of carboxylic acid groups (broad SMARTS) is 1. The minimum Gasteiger partial charge on any atom is -0.480 e. The van der Waals surface area contributed by atoms with Gasteiger partial charge in [0.15, 0.2) is 6.10 Å². The van der Waals surface area contributed by atoms with Crippen molar-refractivity contribution in [3.05, 3.63) is 48.6 Å². The summed E-state index contributed by atoms with van der Waals surface area (Å²) in [5.74, 6) is -3.44. The third-order valence-electron chi connectivity index (χ3n) is 10.4. The van der Waals surface area contributed by atoms with Crippen molar-refractivity contribution in [2.24, 2.45) is 17.6 Å². The Morgan fingerprint density at radius 1 is 0.770 bits per heavy atom. The minimum atomic E-state index is -4.79. The number of esters is 2. The number of aliphatic carboxylic acids is 1. The van der Waals surface area contributed by atoms with Gasteiger partial charge in [-0.25, -0.2) is 4.57 Å². The molecule has 0 saturated heterocycles. The molecule has 0 heterocycles. The Kier molecular flexibility index (Phi) is 32.6. The summed E-state index contributed by atoms with van der Waals surface area (Å²) in [5, 5.41) is 29.6. The summed E-state index contributed by atoms with van der Waals surface area (Å²) in [6.45, 7) is 2.39. The van der Waals surface area contributed by atoms with Crippen LogP contribution in [0.2, 0.25) is 0 Å². The molecule has 1 aliphatic carbocycles. The average Bonchev–Trinajstić information content (AvgIpc) is 3.49. The van der Waals surface area contributed by atoms with Crippen LogP contribution in [0.25, 0.3) is 0 Å². The zero-order valence-corrected chi connectivity index (χ0v) is 37.8. The highest BCUT2D eigenvalue weighted by Crippen LogP contribution is 2.43. The van der Waals surface area contributed by atoms with Crippen molar-refractivity contribution in [2.75, 3.05) is 19.8 Å². The van der Waals surface area contributed by atoms with Crippen molar-refractivity contribution in [3.8, 4) is 0 Å². The Hall–Kier alpha value is -2.97. The first-order valence-corrected chi connectivity index (χ1v) is 24.3. The molecule has 0 bridgehead atoms. The lowest BCUT2D eigenvalue weighted by molar-refractivity contribution is -0.161. The van der Waals surface area contributed by atoms with E-state index in [0.717, 1.165) is 77.0 Å². The molecular weight excluding hydrogens is 805 g/mol. The number of Topliss-reactive ketones (excluding diaryl/α,β-unsaturated/α-hetero) is 1. The van der Waals surface area contributed by atoms with E-state index >= 15 is 0 Å². The van der Waals surface area contributed by atoms with E-state index in [-0.39, 0.29) is 31.0 Å². The summed E-state index contributed by atoms with van der Waals surface area (Å²) in [4.78, 5) is 58.7. The second-order valence-corrected chi connectivity index (χ2v) is 17.4. The monoisotopic (exact) mass is 884 g/mol. The third-order valence-corrected chi connectivity index (χ3v) is 11.4. The maximum Gasteiger partial charge on any atom is 0.472 e. The lowest BCUT2D eigenvalue weighted by atomic mass is 9.90. The van der Waals surface area contributed by atoms with Crippen LogP contribution < -0.4 is 5.73 Å². The van der Waals surface area contributed by atoms with Gasteiger partial charge in [0, 0.05) is 31.1 Å². The number of ketones is 1. The van der Waals surface area contributed by atoms with Crippen LogP contribution in [0, 0.1) is 11.8 Å². The quantitative estimate of drug-likeness (QED) is 0.0169. The number of carbonyl (C=O) groups is 4. The van der Waals surface area contributed by atoms with Gasteiger partial charge >= 0.3 is 25.7 Å². The maximum atomic E-state index is 12.7. The van der Waals surface area contributed by atoms with Crippen molar-refractivity contribution < 1.29 is 62.5 Å². The summed E-state index contributed by atoms with van der Waals surface area (Å²) in [5.41, 5.74) is 5.33. The van der Waals surface area contributed by atoms with Gasteiger partial charge in [-0.05, 0) is 64.2 Å². The molecule has 1 fully saturated rings. The van der Waals surface area contributed by atoms with Crippen LogP contribution >= 0.6 is 7.82 Å². The highest BCUT2D eigenvalue weighted by Gasteiger charge is 2.39. The summed E-state index contributed by atoms with van der Waals surface area (Å²) in [6.07, 6.45) is 32.5. The standard InChI is InChI=1S/C46H78NO13P/c1-3-5-7-8-9-10-11-12-13-14-15-16-17-18-19-20-26-30-45(52)60-38(35-58-61(55,56)59-36-41(47)46(53)54)34-57-44(51)29-25-22-21-24-28-39-40(43(50)33-42(39)49)32-31-37(48)27-23-6-4-2/h9-10,12-13,21,24,31-32,37-42,48-49H,3-8,11,14-20,22-23,25-30,33-36,47H2,1-2H3,(H,53,54)(H,55,56)/b10-9-,13-12-,24-21-,32-31+/t37-,38+,39+,40+,41-,42-/m0/s1. The first kappa shape index (κ1) is 56.0. The Morgan fingerprint density at radius 2 is 1.34 bits per heavy atom. The molecule has 6 N–H and O–H groups in total. The number of phosphoric acid groups is 1. The molecule has 61 heavy (non-hydrogen) atoms. The van der Waals surface area contributed by atoms with Crippen molar-refractivity contribution in [3.63, 3.8) is 0 Å². The molecule has 0 amide bonds. The van der Waals surface area contributed by atoms with Gasteiger partial charge in [0.2, 0.25) is 0 Å². The average molecular weight is 884 g/mol. The molecule has 0 aromatic rings. The number of aliphatic hydroxyl groups excluding tert-OH is 2. The van der Waals surface area contributed by atoms with E-state index in [1.54, 1.807) is 12.2 Å². The number of hydrogen-bond acceptors (Lipinski definition) is 12. The highest BCUT2D eigenvalue weighted by molar-refractivity contribution is 7.47. The topological polar surface area (TPSA) is 229 Å². The van der Waals surface area contributed by atoms with E-state index in [1.165, 1.54) is 19.3 Å². The summed E-state index contributed by atoms with van der Waals surface area (Å²) in [6, 6.07) is -1.56. The number of rotatable bonds is 38. The van der Waals surface area contributed by atoms with Crippen LogP contribution in [0.15, 0.2) is 48.6 Å². The molecule has 0 radical (unpaired) electrons. The first-order valence-electron chi connectivity index (χ1n) is 22.8. The molecule has 350 valence electrons. The van der Waals surface area contributed by atoms with Crippen LogP contribution in [-0.4, -0.2) is 88.1 Å². The number of unbranched alkanes of at least 4 members (excludes halogenated alkanes) is 13. The van der Waals surface area contributed by atoms with Crippen LogP contribution in [0.5, 0.6) is 0 Å². The van der Waals surface area contributed by atoms with Gasteiger partial charge < -0.3 is 35.4 Å². The van der Waals surface area contributed by atoms with Crippen LogP contribution in [-0.2, 0) is 42.3 Å². The molecule has 1 unspecified atom stereocenters. The molecule has 14 nitrogen and oxygen atoms in total. The Labute approximate surface area is 365 Å². The van der Waals surface area contributed by atoms with E-state index in [0.29, 0.717) is 32.1 Å². The van der Waals surface area contributed by atoms with Crippen molar-refractivity contribution in [1.82, 2.24) is 0 Å². The van der Waals surface area contributed by atoms with Gasteiger partial charge in [0.05, 0.1) is 25.4 Å². The molecule has 0 spiro atoms. The fourth-order valence-electron chi connectivity index (χ4n) is 6.72. The fraction of sp³-hybridized carbons (Fsp3) is 0.739. The number of carbonyl (C=O) groups excluding carboxylic acids is 3. The predicted molar refractivity (Wildman–Crippen MR) is 236 cm³/mol. The summed E-state index contributed by atoms with van der Waals surface area (Å²) in [7, 11) is -4.79. The van der Waals surface area contributed by atoms with Gasteiger partial charge in [-0.3, -0.25) is 28.2 Å². The maximum absolute atomic E-state index is 12.7. The van der Waals surface area contributed by atoms with Crippen molar-refractivity contribution >= 4 is 31.5 Å². The summed E-state index contributed by atoms with van der Waals surface area (Å²) < 4.78 is 32.7. The largest absolute Gasteiger partial charge is 0.480 e. The number of ether oxygens (including phenoxy) is 2. The molecule has 1 aliphatic rings. The molecule has 0 aromatic heterocycles. The molecule has 7 atom stereocenters. The van der Waals surface area contributed by atoms with Gasteiger partial charge in [-0.2, -0.15) is 0 Å². The molecule has 15 heteroatoms. The lowest BCUT2D eigenvalue weighted by Gasteiger charge is -2.20. The van der Waals surface area contributed by atoms with Crippen LogP contribution in [0.3, 0.4) is 0 Å². The lowest BCUT2D eigenvalue weighted by Crippen LogP contribution is -2.34. The molecule has 0 aliphatic heterocycles. The van der Waals surface area contributed by atoms with Crippen LogP contribution in [0.1, 0.15) is 162 Å². The fourth-order valence-corrected chi connectivity index (χ4v) is 7.50. The minimum absolute atomic E-state index is 0.0277. The zero-order chi connectivity index (χ0) is 45.1. The zero-order valence-electron chi connectivity index (χ0n) is 37.0. The Bertz CT molecular complexity index is 1380. The van der Waals surface area contributed by atoms with Crippen LogP contribution in [0.4, 0.5) is 0 Å². The van der Waals surface area contributed by atoms with E-state index in [2.05, 4.69) is 42.7 Å². The van der Waals surface area contributed by atoms with Crippen molar-refractivity contribution in [2.45, 2.75) is 186 Å². The Morgan fingerprint density at radius 3 is 2.02 bits per heavy atom. The van der Waals surface area contributed by atoms with Gasteiger partial charge in [-0.15, -0.1) is 0 Å². The number of carboxylic acids is 1. The first-order chi connectivity index (χ1) is 29.3. The van der Waals surface area contributed by atoms with Gasteiger partial charge in [0.25, 0.3) is 0 Å². The number of nitrogens with two attached hydrogens (primary N) is 1. The van der Waals surface area contributed by atoms with Crippen molar-refractivity contribution in [1.29, 1.82) is 0 Å². The molecule has 0 aromatic carbocycles. The Balaban J connectivity index is 2.49. The smallest absolute Gasteiger partial charge is 0.472 e. The number of hydrogen-bond donors (Lipinski definition) is 5. The summed E-state index contributed by atoms with van der Waals surface area (Å²) >= 11 is 0. The molecular formula is C46H78NO13P. The van der Waals surface area contributed by atoms with E-state index in [4.69, 9.17) is 24.8 Å². The second kappa shape index (κ2) is 35.5. The van der Waals surface area contributed by atoms with E-state index < -0.39 is 75.8 Å². The predicted octanol–water partition coefficient (Wildman–Crippen LogP) is 8.76. The number of phosphoric ester groups is 1. The number of aliphatic hydroxyl groups is 2. The van der Waals surface area contributed by atoms with Gasteiger partial charge in [-0.1, -0.05) is 127 Å². The SMILES string of the molecule is CCCCC/C=C\C/C=C\CCCCCCCCCC(=O)O[C@H](COC(=O)CCC/C=C\C[C@H]1[C@@H](O)CC(=O)[C@@H]1/C=C/[C@@H](O)CCCCC)COP(=O)(O)OC[C@H](N)C(=O)O. The molecule has 1 saturated carbocycles. The van der Waals surface area contributed by atoms with E-state index in [9.17, 15) is 38.8 Å². The third kappa shape index (κ3) is 29.9. The highest BCUT2D eigenvalue weighted by atomic mass is 31.2. The van der Waals surface area contributed by atoms with E-state index in [1.807, 2.05) is 12.2 Å². The number of allylic oxidation sites excluding steroid dienone is 7. The molecule has 1 rings (SSSR count). The van der Waals surface area contributed by atoms with Gasteiger partial charge in [0.1, 0.15) is 18.4 Å². The second-order valence-electron chi connectivity index (χ2n) is 16.0. The normalized spacial score (nSPS) is 19.6.